The standard InChI is InChI=1S/C19H18Cl2N2O2S2/c20-15-6-4-13(5-7-15)9-23-18-12-27(24,25)11-17(18)22-19(23)26-10-14-2-1-3-16(21)8-14/h1-8,17-18H,9-12H2/t17-,18-/m1/s1. The Labute approximate surface area is 173 Å². The maximum Gasteiger partial charge on any atom is 0.160 e. The van der Waals surface area contributed by atoms with Crippen LogP contribution in [-0.2, 0) is 22.1 Å². The van der Waals surface area contributed by atoms with Crippen LogP contribution in [-0.4, -0.2) is 42.1 Å². The molecule has 0 spiro atoms. The molecule has 1 fully saturated rings. The van der Waals surface area contributed by atoms with Crippen molar-refractivity contribution >= 4 is 50.0 Å². The van der Waals surface area contributed by atoms with Crippen LogP contribution < -0.4 is 0 Å². The van der Waals surface area contributed by atoms with Crippen LogP contribution in [0.3, 0.4) is 0 Å². The third kappa shape index (κ3) is 4.45. The van der Waals surface area contributed by atoms with Gasteiger partial charge in [0.15, 0.2) is 15.0 Å². The van der Waals surface area contributed by atoms with E-state index in [0.717, 1.165) is 22.0 Å². The van der Waals surface area contributed by atoms with Crippen molar-refractivity contribution in [3.8, 4) is 0 Å². The fourth-order valence-corrected chi connectivity index (χ4v) is 6.72. The van der Waals surface area contributed by atoms with Crippen LogP contribution in [0.15, 0.2) is 53.5 Å². The van der Waals surface area contributed by atoms with Crippen LogP contribution >= 0.6 is 35.0 Å². The number of hydrogen-bond donors (Lipinski definition) is 0. The maximum atomic E-state index is 12.1. The largest absolute Gasteiger partial charge is 0.341 e. The van der Waals surface area contributed by atoms with Crippen molar-refractivity contribution in [1.82, 2.24) is 4.90 Å². The lowest BCUT2D eigenvalue weighted by Crippen LogP contribution is -2.38. The average molecular weight is 441 g/mol. The molecule has 0 radical (unpaired) electrons. The van der Waals surface area contributed by atoms with Gasteiger partial charge in [0.25, 0.3) is 0 Å². The molecule has 2 aliphatic rings. The van der Waals surface area contributed by atoms with Gasteiger partial charge in [-0.1, -0.05) is 59.2 Å². The van der Waals surface area contributed by atoms with Crippen LogP contribution in [0.4, 0.5) is 0 Å². The van der Waals surface area contributed by atoms with E-state index < -0.39 is 9.84 Å². The second-order valence-electron chi connectivity index (χ2n) is 6.80. The first-order valence-electron chi connectivity index (χ1n) is 8.56. The number of nitrogens with zero attached hydrogens (tertiary/aromatic N) is 2. The number of benzene rings is 2. The van der Waals surface area contributed by atoms with Crippen LogP contribution in [0.5, 0.6) is 0 Å². The van der Waals surface area contributed by atoms with E-state index in [-0.39, 0.29) is 23.6 Å². The van der Waals surface area contributed by atoms with Gasteiger partial charge in [0.05, 0.1) is 23.6 Å². The third-order valence-corrected chi connectivity index (χ3v) is 8.00. The van der Waals surface area contributed by atoms with Crippen molar-refractivity contribution in [3.63, 3.8) is 0 Å². The molecule has 2 aromatic carbocycles. The van der Waals surface area contributed by atoms with Crippen LogP contribution in [0.1, 0.15) is 11.1 Å². The number of fused-ring (bicyclic) bond motifs is 1. The normalized spacial score (nSPS) is 23.3. The first-order chi connectivity index (χ1) is 12.9. The predicted octanol–water partition coefficient (Wildman–Crippen LogP) is 4.26. The molecule has 2 aliphatic heterocycles. The van der Waals surface area contributed by atoms with E-state index in [4.69, 9.17) is 28.2 Å². The topological polar surface area (TPSA) is 49.7 Å². The molecule has 0 amide bonds. The highest BCUT2D eigenvalue weighted by molar-refractivity contribution is 8.13. The lowest BCUT2D eigenvalue weighted by Gasteiger charge is -2.26. The Morgan fingerprint density at radius 3 is 2.56 bits per heavy atom. The number of aliphatic imine (C=N–C) groups is 1. The predicted molar refractivity (Wildman–Crippen MR) is 113 cm³/mol. The van der Waals surface area contributed by atoms with E-state index in [9.17, 15) is 8.42 Å². The zero-order chi connectivity index (χ0) is 19.0. The summed E-state index contributed by atoms with van der Waals surface area (Å²) in [6, 6.07) is 15.1. The van der Waals surface area contributed by atoms with Gasteiger partial charge in [-0.05, 0) is 35.4 Å². The van der Waals surface area contributed by atoms with Crippen LogP contribution in [0.2, 0.25) is 10.0 Å². The fraction of sp³-hybridized carbons (Fsp3) is 0.316. The zero-order valence-corrected chi connectivity index (χ0v) is 17.5. The number of thioether (sulfide) groups is 1. The first-order valence-corrected chi connectivity index (χ1v) is 12.1. The Morgan fingerprint density at radius 2 is 1.81 bits per heavy atom. The van der Waals surface area contributed by atoms with Gasteiger partial charge in [0.1, 0.15) is 0 Å². The minimum absolute atomic E-state index is 0.0902. The van der Waals surface area contributed by atoms with Crippen molar-refractivity contribution in [2.45, 2.75) is 24.4 Å². The highest BCUT2D eigenvalue weighted by atomic mass is 35.5. The summed E-state index contributed by atoms with van der Waals surface area (Å²) in [5, 5.41) is 2.29. The summed E-state index contributed by atoms with van der Waals surface area (Å²) in [5.41, 5.74) is 2.20. The minimum atomic E-state index is -3.03. The number of rotatable bonds is 4. The number of halogens is 2. The summed E-state index contributed by atoms with van der Waals surface area (Å²) in [7, 11) is -3.03. The summed E-state index contributed by atoms with van der Waals surface area (Å²) in [5.74, 6) is 1.04. The molecule has 4 rings (SSSR count). The summed E-state index contributed by atoms with van der Waals surface area (Å²) in [4.78, 5) is 6.88. The molecule has 0 N–H and O–H groups in total. The smallest absolute Gasteiger partial charge is 0.160 e. The quantitative estimate of drug-likeness (QED) is 0.712. The molecular weight excluding hydrogens is 423 g/mol. The van der Waals surface area contributed by atoms with Crippen molar-refractivity contribution in [1.29, 1.82) is 0 Å². The Kier molecular flexibility index (Phi) is 5.43. The molecule has 2 heterocycles. The summed E-state index contributed by atoms with van der Waals surface area (Å²) in [6.07, 6.45) is 0. The number of amidine groups is 1. The monoisotopic (exact) mass is 440 g/mol. The SMILES string of the molecule is O=S1(=O)C[C@@H]2[C@@H](C1)N=C(SCc1cccc(Cl)c1)N2Cc1ccc(Cl)cc1. The molecule has 1 saturated heterocycles. The van der Waals surface area contributed by atoms with Crippen molar-refractivity contribution in [3.05, 3.63) is 69.7 Å². The lowest BCUT2D eigenvalue weighted by atomic mass is 10.1. The molecule has 0 aromatic heterocycles. The summed E-state index contributed by atoms with van der Waals surface area (Å²) < 4.78 is 24.2. The number of hydrogen-bond acceptors (Lipinski definition) is 5. The zero-order valence-electron chi connectivity index (χ0n) is 14.4. The Bertz CT molecular complexity index is 977. The van der Waals surface area contributed by atoms with Crippen molar-refractivity contribution < 1.29 is 8.42 Å². The first kappa shape index (κ1) is 19.1. The molecule has 0 saturated carbocycles. The van der Waals surface area contributed by atoms with E-state index in [2.05, 4.69) is 4.90 Å². The van der Waals surface area contributed by atoms with E-state index in [1.54, 1.807) is 11.8 Å². The Morgan fingerprint density at radius 1 is 1.04 bits per heavy atom. The molecule has 0 aliphatic carbocycles. The Balaban J connectivity index is 1.54. The molecule has 0 unspecified atom stereocenters. The Hall–Kier alpha value is -1.21. The molecule has 4 nitrogen and oxygen atoms in total. The second kappa shape index (κ2) is 7.66. The molecule has 2 aromatic rings. The second-order valence-corrected chi connectivity index (χ2v) is 10.8. The van der Waals surface area contributed by atoms with E-state index in [1.807, 2.05) is 48.5 Å². The molecule has 27 heavy (non-hydrogen) atoms. The fourth-order valence-electron chi connectivity index (χ4n) is 3.46. The van der Waals surface area contributed by atoms with Gasteiger partial charge in [-0.25, -0.2) is 8.42 Å². The van der Waals surface area contributed by atoms with Gasteiger partial charge in [-0.3, -0.25) is 4.99 Å². The van der Waals surface area contributed by atoms with Crippen LogP contribution in [0.25, 0.3) is 0 Å². The molecule has 2 atom stereocenters. The van der Waals surface area contributed by atoms with E-state index in [0.29, 0.717) is 16.6 Å². The minimum Gasteiger partial charge on any atom is -0.341 e. The van der Waals surface area contributed by atoms with Gasteiger partial charge >= 0.3 is 0 Å². The van der Waals surface area contributed by atoms with E-state index in [1.165, 1.54) is 0 Å². The molecule has 0 bridgehead atoms. The number of sulfone groups is 1. The van der Waals surface area contributed by atoms with Crippen LogP contribution in [0, 0.1) is 0 Å². The van der Waals surface area contributed by atoms with Gasteiger partial charge in [-0.2, -0.15) is 0 Å². The van der Waals surface area contributed by atoms with Gasteiger partial charge in [0.2, 0.25) is 0 Å². The third-order valence-electron chi connectivity index (χ3n) is 4.74. The highest BCUT2D eigenvalue weighted by Crippen LogP contribution is 2.33. The van der Waals surface area contributed by atoms with Gasteiger partial charge in [0, 0.05) is 22.3 Å². The summed E-state index contributed by atoms with van der Waals surface area (Å²) in [6.45, 7) is 0.620. The van der Waals surface area contributed by atoms with Gasteiger partial charge < -0.3 is 4.90 Å². The molecule has 8 heteroatoms. The average Bonchev–Trinajstić information content (AvgIpc) is 3.07. The molecule has 142 valence electrons. The molecular formula is C19H18Cl2N2O2S2. The lowest BCUT2D eigenvalue weighted by molar-refractivity contribution is 0.343. The van der Waals surface area contributed by atoms with Crippen molar-refractivity contribution in [2.75, 3.05) is 11.5 Å². The maximum absolute atomic E-state index is 12.1. The highest BCUT2D eigenvalue weighted by Gasteiger charge is 2.46. The van der Waals surface area contributed by atoms with Gasteiger partial charge in [-0.15, -0.1) is 0 Å². The van der Waals surface area contributed by atoms with Crippen molar-refractivity contribution in [2.24, 2.45) is 4.99 Å². The summed E-state index contributed by atoms with van der Waals surface area (Å²) >= 11 is 13.7. The van der Waals surface area contributed by atoms with E-state index >= 15 is 0 Å².